The standard InChI is InChI=1S/C15H22N2O/c1-11-6-7-13(9-14(11)16)15(18)10-17-8-4-3-5-12(17)2/h6-7,9,12H,3-5,8,10,16H2,1-2H3. The highest BCUT2D eigenvalue weighted by atomic mass is 16.1. The summed E-state index contributed by atoms with van der Waals surface area (Å²) in [6, 6.07) is 6.11. The second-order valence-corrected chi connectivity index (χ2v) is 5.31. The van der Waals surface area contributed by atoms with E-state index in [9.17, 15) is 4.79 Å². The third kappa shape index (κ3) is 2.91. The van der Waals surface area contributed by atoms with Crippen molar-refractivity contribution in [3.8, 4) is 0 Å². The molecule has 1 atom stereocenters. The second-order valence-electron chi connectivity index (χ2n) is 5.31. The lowest BCUT2D eigenvalue weighted by molar-refractivity contribution is 0.0860. The molecule has 2 N–H and O–H groups in total. The Labute approximate surface area is 109 Å². The van der Waals surface area contributed by atoms with Crippen LogP contribution in [0.4, 0.5) is 5.69 Å². The maximum atomic E-state index is 12.2. The molecule has 0 aromatic heterocycles. The molecule has 0 saturated carbocycles. The van der Waals surface area contributed by atoms with Crippen molar-refractivity contribution < 1.29 is 4.79 Å². The normalized spacial score (nSPS) is 20.9. The molecule has 1 fully saturated rings. The zero-order chi connectivity index (χ0) is 13.1. The number of hydrogen-bond acceptors (Lipinski definition) is 3. The lowest BCUT2D eigenvalue weighted by Gasteiger charge is -2.32. The Morgan fingerprint density at radius 3 is 2.89 bits per heavy atom. The maximum absolute atomic E-state index is 12.2. The van der Waals surface area contributed by atoms with Gasteiger partial charge in [-0.1, -0.05) is 18.6 Å². The molecule has 1 heterocycles. The van der Waals surface area contributed by atoms with E-state index in [2.05, 4.69) is 11.8 Å². The number of likely N-dealkylation sites (tertiary alicyclic amines) is 1. The number of rotatable bonds is 3. The number of benzene rings is 1. The van der Waals surface area contributed by atoms with Crippen LogP contribution in [0.25, 0.3) is 0 Å². The molecule has 1 unspecified atom stereocenters. The summed E-state index contributed by atoms with van der Waals surface area (Å²) in [5.74, 6) is 0.176. The molecule has 98 valence electrons. The van der Waals surface area contributed by atoms with Gasteiger partial charge in [0.05, 0.1) is 6.54 Å². The predicted molar refractivity (Wildman–Crippen MR) is 74.8 cm³/mol. The van der Waals surface area contributed by atoms with Gasteiger partial charge in [-0.25, -0.2) is 0 Å². The van der Waals surface area contributed by atoms with E-state index in [0.29, 0.717) is 18.3 Å². The van der Waals surface area contributed by atoms with Gasteiger partial charge in [-0.15, -0.1) is 0 Å². The molecule has 0 radical (unpaired) electrons. The quantitative estimate of drug-likeness (QED) is 0.659. The number of Topliss-reactive ketones (excluding diaryl/α,β-unsaturated/α-hetero) is 1. The number of aryl methyl sites for hydroxylation is 1. The summed E-state index contributed by atoms with van der Waals surface area (Å²) in [5, 5.41) is 0. The van der Waals surface area contributed by atoms with Gasteiger partial charge < -0.3 is 5.73 Å². The number of nitrogen functional groups attached to an aromatic ring is 1. The van der Waals surface area contributed by atoms with Crippen molar-refractivity contribution in [2.45, 2.75) is 39.2 Å². The molecule has 0 bridgehead atoms. The number of anilines is 1. The second kappa shape index (κ2) is 5.53. The summed E-state index contributed by atoms with van der Waals surface area (Å²) in [5.41, 5.74) is 8.31. The Balaban J connectivity index is 2.04. The highest BCUT2D eigenvalue weighted by Crippen LogP contribution is 2.18. The first kappa shape index (κ1) is 13.1. The minimum absolute atomic E-state index is 0.176. The SMILES string of the molecule is Cc1ccc(C(=O)CN2CCCCC2C)cc1N. The van der Waals surface area contributed by atoms with E-state index >= 15 is 0 Å². The largest absolute Gasteiger partial charge is 0.398 e. The van der Waals surface area contributed by atoms with E-state index in [-0.39, 0.29) is 5.78 Å². The zero-order valence-corrected chi connectivity index (χ0v) is 11.3. The number of hydrogen-bond donors (Lipinski definition) is 1. The zero-order valence-electron chi connectivity index (χ0n) is 11.3. The molecule has 2 rings (SSSR count). The van der Waals surface area contributed by atoms with Gasteiger partial charge in [-0.2, -0.15) is 0 Å². The van der Waals surface area contributed by atoms with Crippen LogP contribution in [0.5, 0.6) is 0 Å². The van der Waals surface area contributed by atoms with Crippen molar-refractivity contribution in [2.75, 3.05) is 18.8 Å². The molecule has 3 nitrogen and oxygen atoms in total. The molecule has 0 spiro atoms. The van der Waals surface area contributed by atoms with Gasteiger partial charge in [0.2, 0.25) is 0 Å². The molecule has 18 heavy (non-hydrogen) atoms. The van der Waals surface area contributed by atoms with Gasteiger partial charge in [-0.3, -0.25) is 9.69 Å². The van der Waals surface area contributed by atoms with Crippen molar-refractivity contribution in [2.24, 2.45) is 0 Å². The predicted octanol–water partition coefficient (Wildman–Crippen LogP) is 2.63. The highest BCUT2D eigenvalue weighted by Gasteiger charge is 2.21. The van der Waals surface area contributed by atoms with E-state index in [1.807, 2.05) is 19.1 Å². The number of piperidine rings is 1. The molecular formula is C15H22N2O. The first-order chi connectivity index (χ1) is 8.58. The number of carbonyl (C=O) groups is 1. The van der Waals surface area contributed by atoms with Gasteiger partial charge in [0.1, 0.15) is 0 Å². The van der Waals surface area contributed by atoms with Gasteiger partial charge in [0.15, 0.2) is 5.78 Å². The van der Waals surface area contributed by atoms with Crippen molar-refractivity contribution in [1.82, 2.24) is 4.90 Å². The molecular weight excluding hydrogens is 224 g/mol. The third-order valence-electron chi connectivity index (χ3n) is 3.89. The molecule has 0 amide bonds. The van der Waals surface area contributed by atoms with Crippen LogP contribution in [0.1, 0.15) is 42.1 Å². The monoisotopic (exact) mass is 246 g/mol. The average molecular weight is 246 g/mol. The van der Waals surface area contributed by atoms with E-state index in [4.69, 9.17) is 5.73 Å². The Morgan fingerprint density at radius 1 is 1.44 bits per heavy atom. The summed E-state index contributed by atoms with van der Waals surface area (Å²) in [7, 11) is 0. The third-order valence-corrected chi connectivity index (χ3v) is 3.89. The lowest BCUT2D eigenvalue weighted by Crippen LogP contribution is -2.40. The van der Waals surface area contributed by atoms with Crippen LogP contribution in [-0.2, 0) is 0 Å². The molecule has 1 aliphatic rings. The Morgan fingerprint density at radius 2 is 2.22 bits per heavy atom. The summed E-state index contributed by atoms with van der Waals surface area (Å²) in [6.07, 6.45) is 3.68. The fourth-order valence-corrected chi connectivity index (χ4v) is 2.48. The minimum atomic E-state index is 0.176. The van der Waals surface area contributed by atoms with Crippen LogP contribution < -0.4 is 5.73 Å². The van der Waals surface area contributed by atoms with Gasteiger partial charge in [0.25, 0.3) is 0 Å². The fourth-order valence-electron chi connectivity index (χ4n) is 2.48. The van der Waals surface area contributed by atoms with Crippen LogP contribution in [-0.4, -0.2) is 29.8 Å². The lowest BCUT2D eigenvalue weighted by atomic mass is 10.0. The number of nitrogens with two attached hydrogens (primary N) is 1. The summed E-state index contributed by atoms with van der Waals surface area (Å²) >= 11 is 0. The van der Waals surface area contributed by atoms with E-state index < -0.39 is 0 Å². The Bertz CT molecular complexity index is 442. The van der Waals surface area contributed by atoms with Crippen molar-refractivity contribution >= 4 is 11.5 Å². The summed E-state index contributed by atoms with van der Waals surface area (Å²) in [4.78, 5) is 14.5. The number of nitrogens with zero attached hydrogens (tertiary/aromatic N) is 1. The maximum Gasteiger partial charge on any atom is 0.176 e. The van der Waals surface area contributed by atoms with Crippen LogP contribution >= 0.6 is 0 Å². The summed E-state index contributed by atoms with van der Waals surface area (Å²) < 4.78 is 0. The smallest absolute Gasteiger partial charge is 0.176 e. The van der Waals surface area contributed by atoms with E-state index in [0.717, 1.165) is 17.7 Å². The Hall–Kier alpha value is -1.35. The van der Waals surface area contributed by atoms with Gasteiger partial charge >= 0.3 is 0 Å². The van der Waals surface area contributed by atoms with Gasteiger partial charge in [0, 0.05) is 17.3 Å². The minimum Gasteiger partial charge on any atom is -0.398 e. The first-order valence-corrected chi connectivity index (χ1v) is 6.71. The molecule has 0 aliphatic carbocycles. The molecule has 3 heteroatoms. The topological polar surface area (TPSA) is 46.3 Å². The van der Waals surface area contributed by atoms with Crippen molar-refractivity contribution in [1.29, 1.82) is 0 Å². The fraction of sp³-hybridized carbons (Fsp3) is 0.533. The first-order valence-electron chi connectivity index (χ1n) is 6.71. The Kier molecular flexibility index (Phi) is 4.02. The van der Waals surface area contributed by atoms with E-state index in [1.165, 1.54) is 19.3 Å². The molecule has 1 aromatic carbocycles. The average Bonchev–Trinajstić information content (AvgIpc) is 2.35. The van der Waals surface area contributed by atoms with Crippen molar-refractivity contribution in [3.05, 3.63) is 29.3 Å². The molecule has 1 saturated heterocycles. The van der Waals surface area contributed by atoms with Crippen LogP contribution in [0.15, 0.2) is 18.2 Å². The van der Waals surface area contributed by atoms with Gasteiger partial charge in [-0.05, 0) is 44.9 Å². The van der Waals surface area contributed by atoms with Crippen molar-refractivity contribution in [3.63, 3.8) is 0 Å². The molecule has 1 aliphatic heterocycles. The van der Waals surface area contributed by atoms with E-state index in [1.54, 1.807) is 6.07 Å². The molecule has 1 aromatic rings. The number of carbonyl (C=O) groups excluding carboxylic acids is 1. The van der Waals surface area contributed by atoms with Crippen LogP contribution in [0, 0.1) is 6.92 Å². The number of ketones is 1. The van der Waals surface area contributed by atoms with Crippen LogP contribution in [0.3, 0.4) is 0 Å². The summed E-state index contributed by atoms with van der Waals surface area (Å²) in [6.45, 7) is 5.71. The van der Waals surface area contributed by atoms with Crippen LogP contribution in [0.2, 0.25) is 0 Å². The highest BCUT2D eigenvalue weighted by molar-refractivity contribution is 5.98.